The molecule has 3 aromatic rings. The van der Waals surface area contributed by atoms with E-state index < -0.39 is 0 Å². The van der Waals surface area contributed by atoms with Crippen molar-refractivity contribution in [3.05, 3.63) is 71.5 Å². The Morgan fingerprint density at radius 1 is 1.07 bits per heavy atom. The summed E-state index contributed by atoms with van der Waals surface area (Å²) in [5, 5.41) is 4.06. The highest BCUT2D eigenvalue weighted by atomic mass is 35.5. The maximum Gasteiger partial charge on any atom is 0.257 e. The third-order valence-corrected chi connectivity index (χ3v) is 6.02. The third-order valence-electron chi connectivity index (χ3n) is 6.02. The van der Waals surface area contributed by atoms with Crippen molar-refractivity contribution in [3.8, 4) is 11.5 Å². The zero-order chi connectivity index (χ0) is 19.8. The van der Waals surface area contributed by atoms with Crippen LogP contribution in [0.3, 0.4) is 0 Å². The SMILES string of the molecule is Cl.NC[C@@H]1CN(C(=O)c2ccc(-c3nc(C4CC4)no3)cc2)C[C@H]1c1ccccc1. The van der Waals surface area contributed by atoms with E-state index in [2.05, 4.69) is 22.3 Å². The number of carbonyl (C=O) groups is 1. The predicted octanol–water partition coefficient (Wildman–Crippen LogP) is 3.85. The quantitative estimate of drug-likeness (QED) is 0.672. The van der Waals surface area contributed by atoms with Gasteiger partial charge in [0.25, 0.3) is 11.8 Å². The smallest absolute Gasteiger partial charge is 0.257 e. The standard InChI is InChI=1S/C23H24N4O2.ClH/c24-12-19-13-27(14-20(19)15-4-2-1-3-5-15)23(28)18-10-8-17(9-11-18)22-25-21(26-29-22)16-6-7-16;/h1-5,8-11,16,19-20H,6-7,12-14,24H2;1H/t19-,20+;/m1./s1. The van der Waals surface area contributed by atoms with Crippen LogP contribution >= 0.6 is 12.4 Å². The Hall–Kier alpha value is -2.70. The Labute approximate surface area is 181 Å². The van der Waals surface area contributed by atoms with Gasteiger partial charge in [0.15, 0.2) is 5.82 Å². The second-order valence-electron chi connectivity index (χ2n) is 8.03. The van der Waals surface area contributed by atoms with Crippen molar-refractivity contribution in [2.24, 2.45) is 11.7 Å². The normalized spacial score (nSPS) is 20.8. The minimum Gasteiger partial charge on any atom is -0.338 e. The van der Waals surface area contributed by atoms with E-state index in [0.29, 0.717) is 37.0 Å². The van der Waals surface area contributed by atoms with E-state index in [1.54, 1.807) is 0 Å². The first-order chi connectivity index (χ1) is 14.2. The molecule has 6 nitrogen and oxygen atoms in total. The molecule has 1 aliphatic carbocycles. The number of amides is 1. The summed E-state index contributed by atoms with van der Waals surface area (Å²) in [6.07, 6.45) is 2.27. The van der Waals surface area contributed by atoms with Gasteiger partial charge in [-0.05, 0) is 55.1 Å². The highest BCUT2D eigenvalue weighted by Gasteiger charge is 2.35. The van der Waals surface area contributed by atoms with Gasteiger partial charge in [-0.1, -0.05) is 35.5 Å². The molecule has 7 heteroatoms. The van der Waals surface area contributed by atoms with Crippen molar-refractivity contribution in [3.63, 3.8) is 0 Å². The van der Waals surface area contributed by atoms with Crippen LogP contribution in [0.15, 0.2) is 59.1 Å². The van der Waals surface area contributed by atoms with Crippen LogP contribution in [-0.2, 0) is 0 Å². The van der Waals surface area contributed by atoms with Crippen molar-refractivity contribution in [2.75, 3.05) is 19.6 Å². The summed E-state index contributed by atoms with van der Waals surface area (Å²) in [6.45, 7) is 1.95. The topological polar surface area (TPSA) is 85.2 Å². The fraction of sp³-hybridized carbons (Fsp3) is 0.348. The molecule has 2 fully saturated rings. The Bertz CT molecular complexity index is 1000. The molecule has 30 heavy (non-hydrogen) atoms. The van der Waals surface area contributed by atoms with E-state index in [1.165, 1.54) is 5.56 Å². The molecular weight excluding hydrogens is 400 g/mol. The fourth-order valence-corrected chi connectivity index (χ4v) is 4.15. The zero-order valence-electron chi connectivity index (χ0n) is 16.6. The molecule has 5 rings (SSSR count). The van der Waals surface area contributed by atoms with Gasteiger partial charge >= 0.3 is 0 Å². The first kappa shape index (κ1) is 20.6. The third kappa shape index (κ3) is 3.98. The Kier molecular flexibility index (Phi) is 5.88. The molecule has 1 amide bonds. The van der Waals surface area contributed by atoms with Gasteiger partial charge in [-0.3, -0.25) is 4.79 Å². The van der Waals surface area contributed by atoms with Crippen LogP contribution in [0.4, 0.5) is 0 Å². The lowest BCUT2D eigenvalue weighted by Crippen LogP contribution is -2.29. The molecule has 0 unspecified atom stereocenters. The highest BCUT2D eigenvalue weighted by Crippen LogP contribution is 2.39. The first-order valence-electron chi connectivity index (χ1n) is 10.2. The number of aromatic nitrogens is 2. The van der Waals surface area contributed by atoms with Gasteiger partial charge in [-0.2, -0.15) is 4.98 Å². The minimum absolute atomic E-state index is 0. The molecule has 156 valence electrons. The molecular formula is C23H25ClN4O2. The number of likely N-dealkylation sites (tertiary alicyclic amines) is 1. The number of nitrogens with two attached hydrogens (primary N) is 1. The van der Waals surface area contributed by atoms with Gasteiger partial charge < -0.3 is 15.2 Å². The van der Waals surface area contributed by atoms with E-state index in [4.69, 9.17) is 10.3 Å². The second kappa shape index (κ2) is 8.58. The van der Waals surface area contributed by atoms with Crippen molar-refractivity contribution in [2.45, 2.75) is 24.7 Å². The average molecular weight is 425 g/mol. The minimum atomic E-state index is 0. The summed E-state index contributed by atoms with van der Waals surface area (Å²) >= 11 is 0. The van der Waals surface area contributed by atoms with Gasteiger partial charge in [0.1, 0.15) is 0 Å². The lowest BCUT2D eigenvalue weighted by molar-refractivity contribution is 0.0786. The molecule has 1 aliphatic heterocycles. The molecule has 1 saturated heterocycles. The number of nitrogens with zero attached hydrogens (tertiary/aromatic N) is 3. The summed E-state index contributed by atoms with van der Waals surface area (Å²) in [4.78, 5) is 19.5. The van der Waals surface area contributed by atoms with Gasteiger partial charge in [0.2, 0.25) is 0 Å². The lowest BCUT2D eigenvalue weighted by atomic mass is 9.89. The van der Waals surface area contributed by atoms with E-state index in [-0.39, 0.29) is 30.2 Å². The van der Waals surface area contributed by atoms with Crippen LogP contribution in [0.5, 0.6) is 0 Å². The van der Waals surface area contributed by atoms with Crippen molar-refractivity contribution < 1.29 is 9.32 Å². The average Bonchev–Trinajstić information content (AvgIpc) is 3.35. The van der Waals surface area contributed by atoms with Crippen LogP contribution in [0.2, 0.25) is 0 Å². The summed E-state index contributed by atoms with van der Waals surface area (Å²) in [5.41, 5.74) is 8.76. The van der Waals surface area contributed by atoms with Crippen LogP contribution in [0, 0.1) is 5.92 Å². The number of carbonyl (C=O) groups excluding carboxylic acids is 1. The van der Waals surface area contributed by atoms with E-state index in [9.17, 15) is 4.79 Å². The van der Waals surface area contributed by atoms with Gasteiger partial charge in [-0.25, -0.2) is 0 Å². The molecule has 2 N–H and O–H groups in total. The Morgan fingerprint density at radius 3 is 2.47 bits per heavy atom. The van der Waals surface area contributed by atoms with Crippen LogP contribution < -0.4 is 5.73 Å². The van der Waals surface area contributed by atoms with Crippen LogP contribution in [-0.4, -0.2) is 40.6 Å². The van der Waals surface area contributed by atoms with E-state index in [1.807, 2.05) is 47.4 Å². The molecule has 1 aromatic heterocycles. The van der Waals surface area contributed by atoms with Crippen molar-refractivity contribution >= 4 is 18.3 Å². The maximum absolute atomic E-state index is 13.1. The monoisotopic (exact) mass is 424 g/mol. The van der Waals surface area contributed by atoms with Gasteiger partial charge in [0, 0.05) is 36.1 Å². The lowest BCUT2D eigenvalue weighted by Gasteiger charge is -2.17. The molecule has 2 aromatic carbocycles. The molecule has 2 heterocycles. The Balaban J connectivity index is 0.00000218. The number of halogens is 1. The number of hydrogen-bond donors (Lipinski definition) is 1. The van der Waals surface area contributed by atoms with Crippen LogP contribution in [0.1, 0.15) is 46.4 Å². The molecule has 0 bridgehead atoms. The summed E-state index contributed by atoms with van der Waals surface area (Å²) in [7, 11) is 0. The van der Waals surface area contributed by atoms with Crippen molar-refractivity contribution in [1.29, 1.82) is 0 Å². The second-order valence-corrected chi connectivity index (χ2v) is 8.03. The highest BCUT2D eigenvalue weighted by molar-refractivity contribution is 5.95. The van der Waals surface area contributed by atoms with Gasteiger partial charge in [-0.15, -0.1) is 12.4 Å². The summed E-state index contributed by atoms with van der Waals surface area (Å²) < 4.78 is 5.37. The maximum atomic E-state index is 13.1. The van der Waals surface area contributed by atoms with Crippen LogP contribution in [0.25, 0.3) is 11.5 Å². The molecule has 0 spiro atoms. The number of rotatable bonds is 5. The van der Waals surface area contributed by atoms with E-state index >= 15 is 0 Å². The largest absolute Gasteiger partial charge is 0.338 e. The fourth-order valence-electron chi connectivity index (χ4n) is 4.15. The molecule has 2 atom stereocenters. The molecule has 1 saturated carbocycles. The Morgan fingerprint density at radius 2 is 1.80 bits per heavy atom. The van der Waals surface area contributed by atoms with Gasteiger partial charge in [0.05, 0.1) is 0 Å². The first-order valence-corrected chi connectivity index (χ1v) is 10.2. The van der Waals surface area contributed by atoms with Crippen molar-refractivity contribution in [1.82, 2.24) is 15.0 Å². The summed E-state index contributed by atoms with van der Waals surface area (Å²) in [6, 6.07) is 17.8. The molecule has 2 aliphatic rings. The summed E-state index contributed by atoms with van der Waals surface area (Å²) in [5.74, 6) is 2.36. The van der Waals surface area contributed by atoms with E-state index in [0.717, 1.165) is 24.2 Å². The molecule has 0 radical (unpaired) electrons. The predicted molar refractivity (Wildman–Crippen MR) is 117 cm³/mol. The number of hydrogen-bond acceptors (Lipinski definition) is 5. The number of benzene rings is 2. The zero-order valence-corrected chi connectivity index (χ0v) is 17.4.